The third-order valence-electron chi connectivity index (χ3n) is 3.36. The smallest absolute Gasteiger partial charge is 0.312 e. The number of allylic oxidation sites excluding steroid dienone is 1. The Bertz CT molecular complexity index is 548. The van der Waals surface area contributed by atoms with Crippen molar-refractivity contribution in [3.05, 3.63) is 41.5 Å². The van der Waals surface area contributed by atoms with Gasteiger partial charge >= 0.3 is 5.97 Å². The van der Waals surface area contributed by atoms with Crippen molar-refractivity contribution < 1.29 is 14.7 Å². The van der Waals surface area contributed by atoms with E-state index in [2.05, 4.69) is 0 Å². The summed E-state index contributed by atoms with van der Waals surface area (Å²) in [5.74, 6) is -1.63. The number of hydrogen-bond acceptors (Lipinski definition) is 2. The average Bonchev–Trinajstić information content (AvgIpc) is 2.78. The van der Waals surface area contributed by atoms with Crippen LogP contribution in [0.15, 0.2) is 35.9 Å². The van der Waals surface area contributed by atoms with E-state index in [9.17, 15) is 14.7 Å². The maximum absolute atomic E-state index is 12.3. The van der Waals surface area contributed by atoms with Crippen LogP contribution < -0.4 is 4.90 Å². The lowest BCUT2D eigenvalue weighted by atomic mass is 10.0. The maximum atomic E-state index is 12.3. The van der Waals surface area contributed by atoms with Crippen LogP contribution in [-0.2, 0) is 9.59 Å². The van der Waals surface area contributed by atoms with E-state index in [4.69, 9.17) is 0 Å². The van der Waals surface area contributed by atoms with Gasteiger partial charge in [0.25, 0.3) is 5.91 Å². The van der Waals surface area contributed by atoms with Crippen LogP contribution in [0.1, 0.15) is 31.7 Å². The van der Waals surface area contributed by atoms with Crippen LogP contribution in [0, 0.1) is 0 Å². The van der Waals surface area contributed by atoms with E-state index >= 15 is 0 Å². The van der Waals surface area contributed by atoms with Gasteiger partial charge < -0.3 is 10.0 Å². The monoisotopic (exact) mass is 259 g/mol. The van der Waals surface area contributed by atoms with Gasteiger partial charge in [-0.15, -0.1) is 0 Å². The summed E-state index contributed by atoms with van der Waals surface area (Å²) in [5, 5.41) is 9.25. The van der Waals surface area contributed by atoms with Crippen molar-refractivity contribution in [2.24, 2.45) is 0 Å². The van der Waals surface area contributed by atoms with Gasteiger partial charge in [0.15, 0.2) is 0 Å². The summed E-state index contributed by atoms with van der Waals surface area (Å²) in [6.07, 6.45) is 2.65. The highest BCUT2D eigenvalue weighted by Gasteiger charge is 2.36. The molecule has 0 aliphatic carbocycles. The van der Waals surface area contributed by atoms with E-state index < -0.39 is 11.9 Å². The quantitative estimate of drug-likeness (QED) is 0.849. The fourth-order valence-electron chi connectivity index (χ4n) is 2.42. The Morgan fingerprint density at radius 2 is 2.11 bits per heavy atom. The van der Waals surface area contributed by atoms with Crippen molar-refractivity contribution in [1.29, 1.82) is 0 Å². The number of carbonyl (C=O) groups excluding carboxylic acids is 1. The van der Waals surface area contributed by atoms with Gasteiger partial charge in [-0.3, -0.25) is 9.59 Å². The molecule has 1 heterocycles. The average molecular weight is 259 g/mol. The lowest BCUT2D eigenvalue weighted by molar-refractivity contribution is -0.138. The minimum Gasteiger partial charge on any atom is -0.481 e. The first kappa shape index (κ1) is 13.3. The third-order valence-corrected chi connectivity index (χ3v) is 3.36. The van der Waals surface area contributed by atoms with Crippen LogP contribution in [0.3, 0.4) is 0 Å². The molecule has 0 saturated heterocycles. The number of rotatable bonds is 3. The van der Waals surface area contributed by atoms with Gasteiger partial charge in [0.1, 0.15) is 5.92 Å². The second-order valence-electron chi connectivity index (χ2n) is 4.66. The van der Waals surface area contributed by atoms with E-state index in [0.29, 0.717) is 16.8 Å². The molecule has 0 saturated carbocycles. The highest BCUT2D eigenvalue weighted by molar-refractivity contribution is 6.07. The molecule has 1 aromatic rings. The van der Waals surface area contributed by atoms with Gasteiger partial charge in [-0.05, 0) is 25.0 Å². The fraction of sp³-hybridized carbons (Fsp3) is 0.333. The molecule has 1 unspecified atom stereocenters. The Balaban J connectivity index is 2.38. The van der Waals surface area contributed by atoms with Crippen LogP contribution in [-0.4, -0.2) is 23.5 Å². The van der Waals surface area contributed by atoms with E-state index in [1.165, 1.54) is 0 Å². The molecule has 1 atom stereocenters. The molecule has 1 amide bonds. The SMILES string of the molecule is CC/C=C(/C)C(=O)N1CC(C(=O)O)c2ccccc21. The fourth-order valence-corrected chi connectivity index (χ4v) is 2.42. The maximum Gasteiger partial charge on any atom is 0.312 e. The van der Waals surface area contributed by atoms with Crippen molar-refractivity contribution >= 4 is 17.6 Å². The first-order valence-electron chi connectivity index (χ1n) is 6.36. The zero-order valence-corrected chi connectivity index (χ0v) is 11.1. The second-order valence-corrected chi connectivity index (χ2v) is 4.66. The zero-order chi connectivity index (χ0) is 14.0. The highest BCUT2D eigenvalue weighted by atomic mass is 16.4. The molecule has 1 N–H and O–H groups in total. The molecule has 4 heteroatoms. The Morgan fingerprint density at radius 3 is 2.74 bits per heavy atom. The minimum absolute atomic E-state index is 0.113. The Kier molecular flexibility index (Phi) is 3.69. The molecule has 0 spiro atoms. The Hall–Kier alpha value is -2.10. The van der Waals surface area contributed by atoms with Gasteiger partial charge in [-0.2, -0.15) is 0 Å². The molecule has 100 valence electrons. The summed E-state index contributed by atoms with van der Waals surface area (Å²) in [4.78, 5) is 25.2. The van der Waals surface area contributed by atoms with Crippen molar-refractivity contribution in [1.82, 2.24) is 0 Å². The summed E-state index contributed by atoms with van der Waals surface area (Å²) in [6, 6.07) is 7.20. The minimum atomic E-state index is -0.889. The predicted octanol–water partition coefficient (Wildman–Crippen LogP) is 2.56. The predicted molar refractivity (Wildman–Crippen MR) is 73.2 cm³/mol. The van der Waals surface area contributed by atoms with Crippen molar-refractivity contribution in [2.75, 3.05) is 11.4 Å². The van der Waals surface area contributed by atoms with Crippen LogP contribution in [0.5, 0.6) is 0 Å². The molecule has 4 nitrogen and oxygen atoms in total. The van der Waals surface area contributed by atoms with Gasteiger partial charge in [0.05, 0.1) is 0 Å². The molecule has 0 fully saturated rings. The highest BCUT2D eigenvalue weighted by Crippen LogP contribution is 2.36. The van der Waals surface area contributed by atoms with E-state index in [-0.39, 0.29) is 12.5 Å². The Labute approximate surface area is 112 Å². The Morgan fingerprint density at radius 1 is 1.42 bits per heavy atom. The normalized spacial score (nSPS) is 18.3. The number of anilines is 1. The summed E-state index contributed by atoms with van der Waals surface area (Å²) in [5.41, 5.74) is 2.08. The topological polar surface area (TPSA) is 57.6 Å². The van der Waals surface area contributed by atoms with Crippen LogP contribution in [0.25, 0.3) is 0 Å². The molecule has 1 aromatic carbocycles. The number of amides is 1. The number of hydrogen-bond donors (Lipinski definition) is 1. The standard InChI is InChI=1S/C15H17NO3/c1-3-6-10(2)14(17)16-9-12(15(18)19)11-7-4-5-8-13(11)16/h4-8,12H,3,9H2,1-2H3,(H,18,19)/b10-6-. The van der Waals surface area contributed by atoms with Crippen LogP contribution in [0.2, 0.25) is 0 Å². The van der Waals surface area contributed by atoms with E-state index in [1.54, 1.807) is 30.0 Å². The van der Waals surface area contributed by atoms with Crippen molar-refractivity contribution in [2.45, 2.75) is 26.2 Å². The first-order chi connectivity index (χ1) is 9.06. The molecule has 19 heavy (non-hydrogen) atoms. The lowest BCUT2D eigenvalue weighted by Gasteiger charge is -2.17. The summed E-state index contributed by atoms with van der Waals surface area (Å²) < 4.78 is 0. The van der Waals surface area contributed by atoms with Gasteiger partial charge in [-0.1, -0.05) is 31.2 Å². The number of benzene rings is 1. The number of aliphatic carboxylic acids is 1. The zero-order valence-electron chi connectivity index (χ0n) is 11.1. The molecule has 1 aliphatic heterocycles. The summed E-state index contributed by atoms with van der Waals surface area (Å²) in [7, 11) is 0. The number of carboxylic acid groups (broad SMARTS) is 1. The lowest BCUT2D eigenvalue weighted by Crippen LogP contribution is -2.31. The molecule has 0 bridgehead atoms. The molecule has 0 aromatic heterocycles. The van der Waals surface area contributed by atoms with Crippen LogP contribution >= 0.6 is 0 Å². The molecule has 0 radical (unpaired) electrons. The molecular weight excluding hydrogens is 242 g/mol. The van der Waals surface area contributed by atoms with Gasteiger partial charge in [0.2, 0.25) is 0 Å². The van der Waals surface area contributed by atoms with Crippen molar-refractivity contribution in [3.8, 4) is 0 Å². The number of carboxylic acids is 1. The molecular formula is C15H17NO3. The summed E-state index contributed by atoms with van der Waals surface area (Å²) >= 11 is 0. The van der Waals surface area contributed by atoms with Gasteiger partial charge in [0, 0.05) is 17.8 Å². The van der Waals surface area contributed by atoms with Crippen LogP contribution in [0.4, 0.5) is 5.69 Å². The number of para-hydroxylation sites is 1. The first-order valence-corrected chi connectivity index (χ1v) is 6.36. The van der Waals surface area contributed by atoms with Crippen molar-refractivity contribution in [3.63, 3.8) is 0 Å². The van der Waals surface area contributed by atoms with Gasteiger partial charge in [-0.25, -0.2) is 0 Å². The second kappa shape index (κ2) is 5.26. The molecule has 2 rings (SSSR count). The van der Waals surface area contributed by atoms with E-state index in [1.807, 2.05) is 19.1 Å². The number of nitrogens with zero attached hydrogens (tertiary/aromatic N) is 1. The largest absolute Gasteiger partial charge is 0.481 e. The number of carbonyl (C=O) groups is 2. The van der Waals surface area contributed by atoms with E-state index in [0.717, 1.165) is 6.42 Å². The summed E-state index contributed by atoms with van der Waals surface area (Å²) in [6.45, 7) is 3.94. The number of fused-ring (bicyclic) bond motifs is 1. The molecule has 1 aliphatic rings. The third kappa shape index (κ3) is 2.38.